The molecule has 0 amide bonds. The lowest BCUT2D eigenvalue weighted by atomic mass is 10.1. The van der Waals surface area contributed by atoms with Crippen LogP contribution in [-0.4, -0.2) is 20.8 Å². The molecule has 15 heavy (non-hydrogen) atoms. The normalized spacial score (nSPS) is 23.7. The van der Waals surface area contributed by atoms with E-state index in [2.05, 4.69) is 12.1 Å². The third-order valence-electron chi connectivity index (χ3n) is 3.03. The molecule has 0 bridgehead atoms. The van der Waals surface area contributed by atoms with Crippen LogP contribution in [0.25, 0.3) is 0 Å². The average Bonchev–Trinajstić information content (AvgIpc) is 3.07. The molecular formula is C12H17NO2. The SMILES string of the molecule is COc1cc(OC)cc([C@@H]2C[C@H]2CN)c1. The van der Waals surface area contributed by atoms with Crippen LogP contribution in [-0.2, 0) is 0 Å². The molecule has 0 radical (unpaired) electrons. The second-order valence-electron chi connectivity index (χ2n) is 3.98. The highest BCUT2D eigenvalue weighted by molar-refractivity contribution is 5.41. The van der Waals surface area contributed by atoms with Crippen LogP contribution in [0.15, 0.2) is 18.2 Å². The van der Waals surface area contributed by atoms with Crippen LogP contribution < -0.4 is 15.2 Å². The Kier molecular flexibility index (Phi) is 2.82. The summed E-state index contributed by atoms with van der Waals surface area (Å²) in [6.07, 6.45) is 1.19. The lowest BCUT2D eigenvalue weighted by Crippen LogP contribution is -2.02. The van der Waals surface area contributed by atoms with Gasteiger partial charge in [-0.1, -0.05) is 0 Å². The summed E-state index contributed by atoms with van der Waals surface area (Å²) in [5.41, 5.74) is 6.92. The largest absolute Gasteiger partial charge is 0.497 e. The first-order valence-electron chi connectivity index (χ1n) is 5.21. The molecule has 0 saturated heterocycles. The zero-order valence-electron chi connectivity index (χ0n) is 9.19. The monoisotopic (exact) mass is 207 g/mol. The Morgan fingerprint density at radius 1 is 1.20 bits per heavy atom. The van der Waals surface area contributed by atoms with Gasteiger partial charge in [-0.15, -0.1) is 0 Å². The molecule has 82 valence electrons. The van der Waals surface area contributed by atoms with E-state index in [9.17, 15) is 0 Å². The molecule has 1 aliphatic rings. The number of ether oxygens (including phenoxy) is 2. The molecule has 1 aliphatic carbocycles. The maximum atomic E-state index is 5.64. The Labute approximate surface area is 90.2 Å². The summed E-state index contributed by atoms with van der Waals surface area (Å²) in [5.74, 6) is 2.94. The standard InChI is InChI=1S/C12H17NO2/c1-14-10-3-8(4-11(6-10)15-2)12-5-9(12)7-13/h3-4,6,9,12H,5,7,13H2,1-2H3/t9-,12-/m0/s1. The number of nitrogens with two attached hydrogens (primary N) is 1. The first-order chi connectivity index (χ1) is 7.28. The average molecular weight is 207 g/mol. The van der Waals surface area contributed by atoms with Crippen LogP contribution in [0.2, 0.25) is 0 Å². The van der Waals surface area contributed by atoms with Crippen LogP contribution in [0.5, 0.6) is 11.5 Å². The van der Waals surface area contributed by atoms with Crippen molar-refractivity contribution in [3.05, 3.63) is 23.8 Å². The second-order valence-corrected chi connectivity index (χ2v) is 3.98. The molecule has 2 rings (SSSR count). The van der Waals surface area contributed by atoms with Crippen molar-refractivity contribution in [3.63, 3.8) is 0 Å². The molecular weight excluding hydrogens is 190 g/mol. The number of hydrogen-bond donors (Lipinski definition) is 1. The van der Waals surface area contributed by atoms with Crippen molar-refractivity contribution in [2.45, 2.75) is 12.3 Å². The molecule has 0 heterocycles. The Bertz CT molecular complexity index is 329. The van der Waals surface area contributed by atoms with Crippen LogP contribution in [0.4, 0.5) is 0 Å². The van der Waals surface area contributed by atoms with E-state index in [0.717, 1.165) is 18.0 Å². The van der Waals surface area contributed by atoms with Crippen molar-refractivity contribution in [1.82, 2.24) is 0 Å². The number of rotatable bonds is 4. The predicted molar refractivity (Wildman–Crippen MR) is 59.4 cm³/mol. The quantitative estimate of drug-likeness (QED) is 0.818. The van der Waals surface area contributed by atoms with Crippen LogP contribution in [0.3, 0.4) is 0 Å². The summed E-state index contributed by atoms with van der Waals surface area (Å²) >= 11 is 0. The molecule has 1 fully saturated rings. The number of methoxy groups -OCH3 is 2. The molecule has 3 heteroatoms. The third kappa shape index (κ3) is 2.07. The smallest absolute Gasteiger partial charge is 0.122 e. The van der Waals surface area contributed by atoms with E-state index in [1.807, 2.05) is 6.07 Å². The van der Waals surface area contributed by atoms with Gasteiger partial charge < -0.3 is 15.2 Å². The maximum Gasteiger partial charge on any atom is 0.122 e. The molecule has 3 nitrogen and oxygen atoms in total. The molecule has 0 spiro atoms. The molecule has 1 aromatic carbocycles. The van der Waals surface area contributed by atoms with Crippen LogP contribution >= 0.6 is 0 Å². The molecule has 0 aromatic heterocycles. The van der Waals surface area contributed by atoms with Crippen LogP contribution in [0, 0.1) is 5.92 Å². The summed E-state index contributed by atoms with van der Waals surface area (Å²) in [7, 11) is 3.34. The summed E-state index contributed by atoms with van der Waals surface area (Å²) in [6, 6.07) is 6.04. The van der Waals surface area contributed by atoms with Gasteiger partial charge in [0, 0.05) is 6.07 Å². The van der Waals surface area contributed by atoms with Crippen molar-refractivity contribution in [1.29, 1.82) is 0 Å². The summed E-state index contributed by atoms with van der Waals surface area (Å²) < 4.78 is 10.5. The van der Waals surface area contributed by atoms with E-state index >= 15 is 0 Å². The van der Waals surface area contributed by atoms with Gasteiger partial charge in [0.05, 0.1) is 14.2 Å². The minimum Gasteiger partial charge on any atom is -0.497 e. The minimum atomic E-state index is 0.596. The van der Waals surface area contributed by atoms with Gasteiger partial charge in [-0.05, 0) is 42.5 Å². The van der Waals surface area contributed by atoms with Gasteiger partial charge in [0.25, 0.3) is 0 Å². The van der Waals surface area contributed by atoms with Gasteiger partial charge in [0.2, 0.25) is 0 Å². The highest BCUT2D eigenvalue weighted by Crippen LogP contribution is 2.48. The van der Waals surface area contributed by atoms with Crippen molar-refractivity contribution in [2.75, 3.05) is 20.8 Å². The fourth-order valence-corrected chi connectivity index (χ4v) is 1.96. The zero-order chi connectivity index (χ0) is 10.8. The number of benzene rings is 1. The van der Waals surface area contributed by atoms with E-state index in [1.54, 1.807) is 14.2 Å². The Hall–Kier alpha value is -1.22. The fraction of sp³-hybridized carbons (Fsp3) is 0.500. The molecule has 2 N–H and O–H groups in total. The topological polar surface area (TPSA) is 44.5 Å². The summed E-state index contributed by atoms with van der Waals surface area (Å²) in [4.78, 5) is 0. The minimum absolute atomic E-state index is 0.596. The molecule has 0 aliphatic heterocycles. The lowest BCUT2D eigenvalue weighted by Gasteiger charge is -2.07. The molecule has 2 atom stereocenters. The zero-order valence-corrected chi connectivity index (χ0v) is 9.19. The van der Waals surface area contributed by atoms with Gasteiger partial charge in [-0.3, -0.25) is 0 Å². The van der Waals surface area contributed by atoms with E-state index in [0.29, 0.717) is 11.8 Å². The van der Waals surface area contributed by atoms with Gasteiger partial charge >= 0.3 is 0 Å². The first kappa shape index (κ1) is 10.3. The van der Waals surface area contributed by atoms with E-state index in [1.165, 1.54) is 12.0 Å². The predicted octanol–water partition coefficient (Wildman–Crippen LogP) is 1.77. The van der Waals surface area contributed by atoms with Gasteiger partial charge in [-0.2, -0.15) is 0 Å². The fourth-order valence-electron chi connectivity index (χ4n) is 1.96. The van der Waals surface area contributed by atoms with E-state index in [4.69, 9.17) is 15.2 Å². The van der Waals surface area contributed by atoms with Crippen molar-refractivity contribution in [3.8, 4) is 11.5 Å². The highest BCUT2D eigenvalue weighted by Gasteiger charge is 2.37. The number of hydrogen-bond acceptors (Lipinski definition) is 3. The molecule has 1 saturated carbocycles. The Morgan fingerprint density at radius 3 is 2.20 bits per heavy atom. The van der Waals surface area contributed by atoms with Crippen LogP contribution in [0.1, 0.15) is 17.9 Å². The lowest BCUT2D eigenvalue weighted by molar-refractivity contribution is 0.393. The van der Waals surface area contributed by atoms with Gasteiger partial charge in [0.15, 0.2) is 0 Å². The molecule has 1 aromatic rings. The summed E-state index contributed by atoms with van der Waals surface area (Å²) in [6.45, 7) is 0.768. The van der Waals surface area contributed by atoms with Gasteiger partial charge in [-0.25, -0.2) is 0 Å². The van der Waals surface area contributed by atoms with Crippen molar-refractivity contribution < 1.29 is 9.47 Å². The highest BCUT2D eigenvalue weighted by atomic mass is 16.5. The Balaban J connectivity index is 2.23. The maximum absolute atomic E-state index is 5.64. The summed E-state index contributed by atoms with van der Waals surface area (Å²) in [5, 5.41) is 0. The van der Waals surface area contributed by atoms with Gasteiger partial charge in [0.1, 0.15) is 11.5 Å². The van der Waals surface area contributed by atoms with E-state index in [-0.39, 0.29) is 0 Å². The Morgan fingerprint density at radius 2 is 1.80 bits per heavy atom. The second kappa shape index (κ2) is 4.11. The third-order valence-corrected chi connectivity index (χ3v) is 3.03. The molecule has 0 unspecified atom stereocenters. The van der Waals surface area contributed by atoms with Crippen molar-refractivity contribution in [2.24, 2.45) is 11.7 Å². The van der Waals surface area contributed by atoms with Crippen molar-refractivity contribution >= 4 is 0 Å². The first-order valence-corrected chi connectivity index (χ1v) is 5.21. The van der Waals surface area contributed by atoms with E-state index < -0.39 is 0 Å².